The number of halogens is 3. The largest absolute Gasteiger partial charge is 0.490 e. The van der Waals surface area contributed by atoms with Gasteiger partial charge in [-0.25, -0.2) is 4.79 Å². The van der Waals surface area contributed by atoms with Crippen LogP contribution in [0.3, 0.4) is 0 Å². The first kappa shape index (κ1) is 23.8. The first-order valence-corrected chi connectivity index (χ1v) is 9.52. The van der Waals surface area contributed by atoms with E-state index in [1.807, 2.05) is 23.1 Å². The lowest BCUT2D eigenvalue weighted by atomic mass is 10.1. The third kappa shape index (κ3) is 7.10. The van der Waals surface area contributed by atoms with E-state index in [0.29, 0.717) is 38.7 Å². The first-order chi connectivity index (χ1) is 14.2. The van der Waals surface area contributed by atoms with E-state index in [1.54, 1.807) is 12.3 Å². The second-order valence-electron chi connectivity index (χ2n) is 7.03. The van der Waals surface area contributed by atoms with Crippen molar-refractivity contribution in [2.24, 2.45) is 5.92 Å². The van der Waals surface area contributed by atoms with E-state index in [2.05, 4.69) is 11.6 Å². The van der Waals surface area contributed by atoms with Gasteiger partial charge in [-0.2, -0.15) is 13.2 Å². The van der Waals surface area contributed by atoms with Crippen molar-refractivity contribution in [3.63, 3.8) is 0 Å². The smallest absolute Gasteiger partial charge is 0.475 e. The van der Waals surface area contributed by atoms with Gasteiger partial charge in [-0.1, -0.05) is 12.1 Å². The normalized spacial score (nSPS) is 23.2. The zero-order valence-electron chi connectivity index (χ0n) is 16.4. The molecule has 2 aliphatic rings. The van der Waals surface area contributed by atoms with E-state index >= 15 is 0 Å². The number of nitrogens with zero attached hydrogens (tertiary/aromatic N) is 2. The molecule has 1 N–H and O–H groups in total. The number of rotatable bonds is 6. The fourth-order valence-electron chi connectivity index (χ4n) is 3.57. The van der Waals surface area contributed by atoms with Gasteiger partial charge in [0.25, 0.3) is 0 Å². The standard InChI is InChI=1S/C18H24N2O3.C2HF3O2/c1-2-8-22-13-14-10-16-17(11-14)23-9-7-20(16)18(21)12-15-5-3-4-6-19-15;3-2(4,5)1(6)7/h2-6,14,16-17H,1,7-13H2;(H,6,7)/t14?,16-,17-;/m1./s1. The number of hydrogen-bond donors (Lipinski definition) is 1. The molecular weight excluding hydrogens is 405 g/mol. The summed E-state index contributed by atoms with van der Waals surface area (Å²) in [6.45, 7) is 6.25. The minimum absolute atomic E-state index is 0.147. The molecule has 1 aliphatic carbocycles. The number of carboxylic acids is 1. The van der Waals surface area contributed by atoms with E-state index in [4.69, 9.17) is 19.4 Å². The Morgan fingerprint density at radius 2 is 2.10 bits per heavy atom. The zero-order valence-corrected chi connectivity index (χ0v) is 16.4. The lowest BCUT2D eigenvalue weighted by molar-refractivity contribution is -0.192. The number of carboxylic acid groups (broad SMARTS) is 1. The average Bonchev–Trinajstić information content (AvgIpc) is 3.11. The molecular formula is C20H25F3N2O5. The number of ether oxygens (including phenoxy) is 2. The van der Waals surface area contributed by atoms with Crippen LogP contribution in [0.4, 0.5) is 13.2 Å². The third-order valence-corrected chi connectivity index (χ3v) is 4.84. The molecule has 0 radical (unpaired) electrons. The number of hydrogen-bond acceptors (Lipinski definition) is 5. The molecule has 3 atom stereocenters. The number of aromatic nitrogens is 1. The third-order valence-electron chi connectivity index (χ3n) is 4.84. The van der Waals surface area contributed by atoms with Crippen LogP contribution in [0.1, 0.15) is 18.5 Å². The molecule has 10 heteroatoms. The molecule has 1 saturated heterocycles. The van der Waals surface area contributed by atoms with Gasteiger partial charge in [0, 0.05) is 25.0 Å². The van der Waals surface area contributed by atoms with Crippen LogP contribution < -0.4 is 0 Å². The minimum Gasteiger partial charge on any atom is -0.475 e. The Kier molecular flexibility index (Phi) is 8.79. The first-order valence-electron chi connectivity index (χ1n) is 9.52. The SMILES string of the molecule is C=CCOCC1C[C@@H]2[C@@H](C1)OCCN2C(=O)Cc1ccccn1.O=C(O)C(F)(F)F. The van der Waals surface area contributed by atoms with Crippen LogP contribution >= 0.6 is 0 Å². The van der Waals surface area contributed by atoms with Crippen LogP contribution in [0.2, 0.25) is 0 Å². The zero-order chi connectivity index (χ0) is 22.1. The Balaban J connectivity index is 0.000000396. The maximum atomic E-state index is 12.7. The van der Waals surface area contributed by atoms with Gasteiger partial charge in [0.1, 0.15) is 0 Å². The van der Waals surface area contributed by atoms with Crippen LogP contribution in [0.25, 0.3) is 0 Å². The average molecular weight is 430 g/mol. The molecule has 0 spiro atoms. The van der Waals surface area contributed by atoms with E-state index < -0.39 is 12.1 Å². The summed E-state index contributed by atoms with van der Waals surface area (Å²) in [5.41, 5.74) is 0.824. The lowest BCUT2D eigenvalue weighted by Gasteiger charge is -2.37. The highest BCUT2D eigenvalue weighted by atomic mass is 19.4. The molecule has 1 amide bonds. The van der Waals surface area contributed by atoms with Crippen molar-refractivity contribution >= 4 is 11.9 Å². The van der Waals surface area contributed by atoms with Crippen molar-refractivity contribution in [3.05, 3.63) is 42.7 Å². The maximum absolute atomic E-state index is 12.7. The molecule has 1 saturated carbocycles. The van der Waals surface area contributed by atoms with E-state index in [9.17, 15) is 18.0 Å². The number of alkyl halides is 3. The van der Waals surface area contributed by atoms with E-state index in [1.165, 1.54) is 0 Å². The summed E-state index contributed by atoms with van der Waals surface area (Å²) in [6.07, 6.45) is 0.843. The van der Waals surface area contributed by atoms with Crippen LogP contribution in [-0.4, -0.2) is 71.6 Å². The number of aliphatic carboxylic acids is 1. The molecule has 0 bridgehead atoms. The predicted octanol–water partition coefficient (Wildman–Crippen LogP) is 2.47. The Morgan fingerprint density at radius 1 is 1.37 bits per heavy atom. The number of carbonyl (C=O) groups excluding carboxylic acids is 1. The Hall–Kier alpha value is -2.46. The van der Waals surface area contributed by atoms with Crippen molar-refractivity contribution in [1.82, 2.24) is 9.88 Å². The number of carbonyl (C=O) groups is 2. The molecule has 2 heterocycles. The van der Waals surface area contributed by atoms with Gasteiger partial charge < -0.3 is 19.5 Å². The molecule has 30 heavy (non-hydrogen) atoms. The Morgan fingerprint density at radius 3 is 2.70 bits per heavy atom. The van der Waals surface area contributed by atoms with Crippen LogP contribution in [0.15, 0.2) is 37.1 Å². The molecule has 1 unspecified atom stereocenters. The summed E-state index contributed by atoms with van der Waals surface area (Å²) in [4.78, 5) is 27.8. The number of pyridine rings is 1. The number of amides is 1. The van der Waals surface area contributed by atoms with Gasteiger partial charge >= 0.3 is 12.1 Å². The summed E-state index contributed by atoms with van der Waals surface area (Å²) in [5, 5.41) is 7.12. The molecule has 1 aromatic rings. The van der Waals surface area contributed by atoms with Crippen molar-refractivity contribution in [3.8, 4) is 0 Å². The number of fused-ring (bicyclic) bond motifs is 1. The fourth-order valence-corrected chi connectivity index (χ4v) is 3.57. The summed E-state index contributed by atoms with van der Waals surface area (Å²) >= 11 is 0. The van der Waals surface area contributed by atoms with Gasteiger partial charge in [0.05, 0.1) is 31.8 Å². The molecule has 3 rings (SSSR count). The highest BCUT2D eigenvalue weighted by molar-refractivity contribution is 5.79. The minimum atomic E-state index is -5.08. The molecule has 7 nitrogen and oxygen atoms in total. The second kappa shape index (κ2) is 11.1. The van der Waals surface area contributed by atoms with Gasteiger partial charge in [-0.05, 0) is 30.9 Å². The highest BCUT2D eigenvalue weighted by Gasteiger charge is 2.42. The molecule has 0 aromatic carbocycles. The molecule has 2 fully saturated rings. The van der Waals surface area contributed by atoms with Crippen molar-refractivity contribution in [2.75, 3.05) is 26.4 Å². The van der Waals surface area contributed by atoms with Crippen LogP contribution in [-0.2, 0) is 25.5 Å². The van der Waals surface area contributed by atoms with Gasteiger partial charge in [0.2, 0.25) is 5.91 Å². The molecule has 1 aliphatic heterocycles. The van der Waals surface area contributed by atoms with Crippen molar-refractivity contribution in [2.45, 2.75) is 37.6 Å². The van der Waals surface area contributed by atoms with Crippen molar-refractivity contribution < 1.29 is 37.3 Å². The quantitative estimate of drug-likeness (QED) is 0.551. The fraction of sp³-hybridized carbons (Fsp3) is 0.550. The second-order valence-corrected chi connectivity index (χ2v) is 7.03. The summed E-state index contributed by atoms with van der Waals surface area (Å²) in [7, 11) is 0. The van der Waals surface area contributed by atoms with Gasteiger partial charge in [-0.15, -0.1) is 6.58 Å². The maximum Gasteiger partial charge on any atom is 0.490 e. The van der Waals surface area contributed by atoms with Gasteiger partial charge in [-0.3, -0.25) is 9.78 Å². The molecule has 166 valence electrons. The van der Waals surface area contributed by atoms with E-state index in [0.717, 1.165) is 18.5 Å². The summed E-state index contributed by atoms with van der Waals surface area (Å²) < 4.78 is 43.2. The Bertz CT molecular complexity index is 714. The molecule has 1 aromatic heterocycles. The lowest BCUT2D eigenvalue weighted by Crippen LogP contribution is -2.51. The summed E-state index contributed by atoms with van der Waals surface area (Å²) in [5.74, 6) is -2.16. The van der Waals surface area contributed by atoms with Gasteiger partial charge in [0.15, 0.2) is 0 Å². The van der Waals surface area contributed by atoms with E-state index in [-0.39, 0.29) is 18.1 Å². The van der Waals surface area contributed by atoms with Crippen LogP contribution in [0.5, 0.6) is 0 Å². The Labute approximate surface area is 172 Å². The predicted molar refractivity (Wildman–Crippen MR) is 101 cm³/mol. The van der Waals surface area contributed by atoms with Crippen molar-refractivity contribution in [1.29, 1.82) is 0 Å². The monoisotopic (exact) mass is 430 g/mol. The van der Waals surface area contributed by atoms with Crippen LogP contribution in [0, 0.1) is 5.92 Å². The number of morpholine rings is 1. The summed E-state index contributed by atoms with van der Waals surface area (Å²) in [6, 6.07) is 5.86. The highest BCUT2D eigenvalue weighted by Crippen LogP contribution is 2.34. The topological polar surface area (TPSA) is 89.0 Å².